The molecule has 0 fully saturated rings. The number of fused-ring (bicyclic) bond motifs is 1. The van der Waals surface area contributed by atoms with Gasteiger partial charge in [-0.3, -0.25) is 0 Å². The molecule has 1 aromatic carbocycles. The minimum atomic E-state index is 0.349. The zero-order chi connectivity index (χ0) is 9.97. The molecule has 0 amide bonds. The van der Waals surface area contributed by atoms with Gasteiger partial charge in [-0.05, 0) is 25.6 Å². The molecule has 0 saturated carbocycles. The molecule has 3 nitrogen and oxygen atoms in total. The minimum absolute atomic E-state index is 0.349. The van der Waals surface area contributed by atoms with Crippen molar-refractivity contribution in [2.45, 2.75) is 12.3 Å². The van der Waals surface area contributed by atoms with Gasteiger partial charge in [-0.25, -0.2) is 0 Å². The van der Waals surface area contributed by atoms with Gasteiger partial charge in [-0.1, -0.05) is 6.07 Å². The second-order valence-electron chi connectivity index (χ2n) is 3.58. The highest BCUT2D eigenvalue weighted by Crippen LogP contribution is 2.38. The molecule has 0 saturated heterocycles. The predicted molar refractivity (Wildman–Crippen MR) is 54.9 cm³/mol. The first-order valence-corrected chi connectivity index (χ1v) is 4.92. The molecule has 1 aliphatic heterocycles. The molecule has 0 bridgehead atoms. The molecule has 2 N–H and O–H groups in total. The summed E-state index contributed by atoms with van der Waals surface area (Å²) in [5.74, 6) is 1.55. The molecule has 0 aromatic heterocycles. The van der Waals surface area contributed by atoms with Gasteiger partial charge in [0.2, 0.25) is 0 Å². The molecule has 3 heteroatoms. The highest BCUT2D eigenvalue weighted by atomic mass is 16.5. The first kappa shape index (κ1) is 9.34. The zero-order valence-corrected chi connectivity index (χ0v) is 8.29. The molecule has 1 aliphatic rings. The summed E-state index contributed by atoms with van der Waals surface area (Å²) < 4.78 is 5.49. The number of phenolic OH excluding ortho intramolecular Hbond substituents is 1. The van der Waals surface area contributed by atoms with Gasteiger partial charge in [-0.2, -0.15) is 0 Å². The summed E-state index contributed by atoms with van der Waals surface area (Å²) in [5, 5.41) is 12.9. The Bertz CT molecular complexity index is 325. The maximum Gasteiger partial charge on any atom is 0.126 e. The van der Waals surface area contributed by atoms with Crippen LogP contribution in [0.1, 0.15) is 17.9 Å². The molecule has 0 spiro atoms. The van der Waals surface area contributed by atoms with Gasteiger partial charge in [0.1, 0.15) is 11.5 Å². The summed E-state index contributed by atoms with van der Waals surface area (Å²) in [6.45, 7) is 1.62. The van der Waals surface area contributed by atoms with Crippen molar-refractivity contribution in [1.29, 1.82) is 0 Å². The van der Waals surface area contributed by atoms with Crippen molar-refractivity contribution in [3.8, 4) is 11.5 Å². The van der Waals surface area contributed by atoms with Crippen molar-refractivity contribution in [3.05, 3.63) is 23.8 Å². The van der Waals surface area contributed by atoms with E-state index in [0.717, 1.165) is 30.9 Å². The topological polar surface area (TPSA) is 41.5 Å². The highest BCUT2D eigenvalue weighted by molar-refractivity contribution is 5.47. The number of rotatable bonds is 2. The Morgan fingerprint density at radius 1 is 1.57 bits per heavy atom. The van der Waals surface area contributed by atoms with E-state index >= 15 is 0 Å². The Morgan fingerprint density at radius 2 is 2.43 bits per heavy atom. The van der Waals surface area contributed by atoms with E-state index in [1.54, 1.807) is 6.07 Å². The molecule has 1 heterocycles. The number of ether oxygens (including phenoxy) is 1. The second kappa shape index (κ2) is 3.88. The van der Waals surface area contributed by atoms with E-state index < -0.39 is 0 Å². The smallest absolute Gasteiger partial charge is 0.126 e. The fourth-order valence-electron chi connectivity index (χ4n) is 1.97. The predicted octanol–water partition coefficient (Wildman–Crippen LogP) is 1.48. The first-order chi connectivity index (χ1) is 6.83. The third kappa shape index (κ3) is 1.55. The quantitative estimate of drug-likeness (QED) is 0.747. The second-order valence-corrected chi connectivity index (χ2v) is 3.58. The third-order valence-corrected chi connectivity index (χ3v) is 2.63. The van der Waals surface area contributed by atoms with Crippen LogP contribution in [0.4, 0.5) is 0 Å². The number of hydrogen-bond acceptors (Lipinski definition) is 3. The summed E-state index contributed by atoms with van der Waals surface area (Å²) in [7, 11) is 1.93. The molecule has 1 aromatic rings. The average molecular weight is 193 g/mol. The lowest BCUT2D eigenvalue weighted by Crippen LogP contribution is -2.23. The van der Waals surface area contributed by atoms with Crippen molar-refractivity contribution in [2.24, 2.45) is 0 Å². The van der Waals surface area contributed by atoms with Gasteiger partial charge >= 0.3 is 0 Å². The van der Waals surface area contributed by atoms with E-state index in [0.29, 0.717) is 11.7 Å². The van der Waals surface area contributed by atoms with Gasteiger partial charge in [0.25, 0.3) is 0 Å². The maximum absolute atomic E-state index is 9.75. The van der Waals surface area contributed by atoms with Crippen LogP contribution in [0, 0.1) is 0 Å². The van der Waals surface area contributed by atoms with Crippen LogP contribution in [-0.4, -0.2) is 25.3 Å². The van der Waals surface area contributed by atoms with Crippen LogP contribution in [0.3, 0.4) is 0 Å². The lowest BCUT2D eigenvalue weighted by molar-refractivity contribution is 0.261. The molecular formula is C11H15NO2. The fourth-order valence-corrected chi connectivity index (χ4v) is 1.97. The van der Waals surface area contributed by atoms with Crippen LogP contribution in [0.2, 0.25) is 0 Å². The van der Waals surface area contributed by atoms with Crippen molar-refractivity contribution in [3.63, 3.8) is 0 Å². The van der Waals surface area contributed by atoms with E-state index in [1.807, 2.05) is 19.2 Å². The highest BCUT2D eigenvalue weighted by Gasteiger charge is 2.23. The summed E-state index contributed by atoms with van der Waals surface area (Å²) in [4.78, 5) is 0. The normalized spacial score (nSPS) is 19.9. The maximum atomic E-state index is 9.75. The van der Waals surface area contributed by atoms with Gasteiger partial charge < -0.3 is 15.2 Å². The molecule has 2 rings (SSSR count). The van der Waals surface area contributed by atoms with Crippen LogP contribution in [0.25, 0.3) is 0 Å². The molecule has 1 atom stereocenters. The Balaban J connectivity index is 2.36. The van der Waals surface area contributed by atoms with Gasteiger partial charge in [0.05, 0.1) is 6.61 Å². The van der Waals surface area contributed by atoms with Crippen LogP contribution < -0.4 is 10.1 Å². The van der Waals surface area contributed by atoms with Crippen LogP contribution in [0.5, 0.6) is 11.5 Å². The number of aromatic hydroxyl groups is 1. The van der Waals surface area contributed by atoms with Crippen molar-refractivity contribution in [2.75, 3.05) is 20.2 Å². The number of likely N-dealkylation sites (N-methyl/N-ethyl adjacent to an activating group) is 1. The summed E-state index contributed by atoms with van der Waals surface area (Å²) in [6, 6.07) is 5.45. The van der Waals surface area contributed by atoms with Crippen LogP contribution >= 0.6 is 0 Å². The largest absolute Gasteiger partial charge is 0.508 e. The van der Waals surface area contributed by atoms with Crippen molar-refractivity contribution in [1.82, 2.24) is 5.32 Å². The van der Waals surface area contributed by atoms with E-state index in [1.165, 1.54) is 0 Å². The van der Waals surface area contributed by atoms with Crippen molar-refractivity contribution >= 4 is 0 Å². The number of hydrogen-bond donors (Lipinski definition) is 2. The Morgan fingerprint density at radius 3 is 3.21 bits per heavy atom. The SMILES string of the molecule is CNCC1CCOc2cccc(O)c21. The molecule has 14 heavy (non-hydrogen) atoms. The van der Waals surface area contributed by atoms with E-state index in [4.69, 9.17) is 4.74 Å². The third-order valence-electron chi connectivity index (χ3n) is 2.63. The summed E-state index contributed by atoms with van der Waals surface area (Å²) in [5.41, 5.74) is 0.952. The first-order valence-electron chi connectivity index (χ1n) is 4.92. The Kier molecular flexibility index (Phi) is 2.59. The average Bonchev–Trinajstić information content (AvgIpc) is 2.19. The lowest BCUT2D eigenvalue weighted by Gasteiger charge is -2.26. The molecule has 0 radical (unpaired) electrons. The standard InChI is InChI=1S/C11H15NO2/c1-12-7-8-5-6-14-10-4-2-3-9(13)11(8)10/h2-4,8,12-13H,5-7H2,1H3. The monoisotopic (exact) mass is 193 g/mol. The Labute approximate surface area is 83.7 Å². The van der Waals surface area contributed by atoms with Gasteiger partial charge in [0.15, 0.2) is 0 Å². The van der Waals surface area contributed by atoms with E-state index in [2.05, 4.69) is 5.32 Å². The van der Waals surface area contributed by atoms with E-state index in [-0.39, 0.29) is 0 Å². The summed E-state index contributed by atoms with van der Waals surface area (Å²) in [6.07, 6.45) is 0.964. The fraction of sp³-hybridized carbons (Fsp3) is 0.455. The summed E-state index contributed by atoms with van der Waals surface area (Å²) >= 11 is 0. The van der Waals surface area contributed by atoms with Gasteiger partial charge in [-0.15, -0.1) is 0 Å². The molecule has 1 unspecified atom stereocenters. The van der Waals surface area contributed by atoms with Crippen LogP contribution in [-0.2, 0) is 0 Å². The minimum Gasteiger partial charge on any atom is -0.508 e. The van der Waals surface area contributed by atoms with Crippen molar-refractivity contribution < 1.29 is 9.84 Å². The number of phenols is 1. The molecular weight excluding hydrogens is 178 g/mol. The number of benzene rings is 1. The van der Waals surface area contributed by atoms with E-state index in [9.17, 15) is 5.11 Å². The van der Waals surface area contributed by atoms with Crippen LogP contribution in [0.15, 0.2) is 18.2 Å². The molecule has 0 aliphatic carbocycles. The lowest BCUT2D eigenvalue weighted by atomic mass is 9.92. The number of nitrogens with one attached hydrogen (secondary N) is 1. The van der Waals surface area contributed by atoms with Gasteiger partial charge in [0, 0.05) is 18.0 Å². The molecule has 76 valence electrons. The Hall–Kier alpha value is -1.22. The zero-order valence-electron chi connectivity index (χ0n) is 8.29.